The van der Waals surface area contributed by atoms with Gasteiger partial charge in [0.05, 0.1) is 7.11 Å². The fourth-order valence-corrected chi connectivity index (χ4v) is 2.50. The lowest BCUT2D eigenvalue weighted by Crippen LogP contribution is -2.15. The first kappa shape index (κ1) is 13.5. The Labute approximate surface area is 124 Å². The van der Waals surface area contributed by atoms with Gasteiger partial charge in [-0.05, 0) is 53.8 Å². The molecule has 1 aliphatic rings. The van der Waals surface area contributed by atoms with Crippen LogP contribution in [0.3, 0.4) is 0 Å². The summed E-state index contributed by atoms with van der Waals surface area (Å²) in [7, 11) is 1.68. The monoisotopic (exact) mass is 287 g/mol. The Morgan fingerprint density at radius 2 is 1.90 bits per heavy atom. The average Bonchev–Trinajstić information content (AvgIpc) is 3.30. The molecule has 0 atom stereocenters. The van der Waals surface area contributed by atoms with Crippen LogP contribution in [0.25, 0.3) is 11.1 Å². The zero-order chi connectivity index (χ0) is 13.9. The highest BCUT2D eigenvalue weighted by atomic mass is 35.5. The molecule has 20 heavy (non-hydrogen) atoms. The highest BCUT2D eigenvalue weighted by molar-refractivity contribution is 6.30. The molecule has 2 aromatic rings. The lowest BCUT2D eigenvalue weighted by atomic mass is 9.99. The topological polar surface area (TPSA) is 21.3 Å². The molecule has 3 heteroatoms. The fourth-order valence-electron chi connectivity index (χ4n) is 2.30. The van der Waals surface area contributed by atoms with Gasteiger partial charge in [0.2, 0.25) is 0 Å². The third-order valence-electron chi connectivity index (χ3n) is 3.63. The van der Waals surface area contributed by atoms with Crippen molar-refractivity contribution in [3.05, 3.63) is 53.1 Å². The first-order valence-electron chi connectivity index (χ1n) is 6.92. The second-order valence-corrected chi connectivity index (χ2v) is 5.62. The van der Waals surface area contributed by atoms with Gasteiger partial charge in [-0.1, -0.05) is 29.8 Å². The van der Waals surface area contributed by atoms with Gasteiger partial charge in [-0.3, -0.25) is 0 Å². The molecule has 0 aromatic heterocycles. The number of methoxy groups -OCH3 is 1. The molecule has 0 heterocycles. The van der Waals surface area contributed by atoms with Crippen LogP contribution in [0.15, 0.2) is 42.5 Å². The average molecular weight is 288 g/mol. The van der Waals surface area contributed by atoms with Crippen molar-refractivity contribution in [3.63, 3.8) is 0 Å². The fraction of sp³-hybridized carbons (Fsp3) is 0.294. The second-order valence-electron chi connectivity index (χ2n) is 5.19. The van der Waals surface area contributed by atoms with Crippen LogP contribution in [0.5, 0.6) is 5.75 Å². The van der Waals surface area contributed by atoms with Crippen molar-refractivity contribution < 1.29 is 4.74 Å². The van der Waals surface area contributed by atoms with E-state index >= 15 is 0 Å². The Morgan fingerprint density at radius 1 is 1.15 bits per heavy atom. The Hall–Kier alpha value is -1.51. The molecule has 2 aromatic carbocycles. The third kappa shape index (κ3) is 3.14. The highest BCUT2D eigenvalue weighted by Gasteiger charge is 2.20. The third-order valence-corrected chi connectivity index (χ3v) is 3.86. The van der Waals surface area contributed by atoms with Crippen molar-refractivity contribution in [1.82, 2.24) is 5.32 Å². The maximum atomic E-state index is 6.14. The van der Waals surface area contributed by atoms with Crippen LogP contribution in [0.2, 0.25) is 5.02 Å². The van der Waals surface area contributed by atoms with Crippen molar-refractivity contribution in [2.24, 2.45) is 0 Å². The number of halogens is 1. The van der Waals surface area contributed by atoms with Gasteiger partial charge in [0, 0.05) is 17.6 Å². The highest BCUT2D eigenvalue weighted by Crippen LogP contribution is 2.29. The molecule has 0 amide bonds. The summed E-state index contributed by atoms with van der Waals surface area (Å²) in [5.41, 5.74) is 3.66. The standard InChI is InChI=1S/C17H18ClNO/c1-20-16-7-2-12(3-8-16)17-9-4-14(18)10-13(17)11-19-15-5-6-15/h2-4,7-10,15,19H,5-6,11H2,1H3. The van der Waals surface area contributed by atoms with Crippen LogP contribution < -0.4 is 10.1 Å². The summed E-state index contributed by atoms with van der Waals surface area (Å²) in [6.07, 6.45) is 2.58. The second kappa shape index (κ2) is 5.86. The predicted octanol–water partition coefficient (Wildman–Crippen LogP) is 4.27. The van der Waals surface area contributed by atoms with E-state index in [-0.39, 0.29) is 0 Å². The number of hydrogen-bond acceptors (Lipinski definition) is 2. The van der Waals surface area contributed by atoms with Crippen LogP contribution in [0, 0.1) is 0 Å². The van der Waals surface area contributed by atoms with Crippen LogP contribution >= 0.6 is 11.6 Å². The largest absolute Gasteiger partial charge is 0.497 e. The molecule has 1 saturated carbocycles. The van der Waals surface area contributed by atoms with Crippen LogP contribution in [-0.4, -0.2) is 13.2 Å². The normalized spacial score (nSPS) is 14.3. The van der Waals surface area contributed by atoms with E-state index in [4.69, 9.17) is 16.3 Å². The molecular weight excluding hydrogens is 270 g/mol. The van der Waals surface area contributed by atoms with Gasteiger partial charge in [-0.2, -0.15) is 0 Å². The Kier molecular flexibility index (Phi) is 3.95. The molecule has 0 spiro atoms. The minimum Gasteiger partial charge on any atom is -0.497 e. The summed E-state index contributed by atoms with van der Waals surface area (Å²) in [4.78, 5) is 0. The van der Waals surface area contributed by atoms with E-state index < -0.39 is 0 Å². The summed E-state index contributed by atoms with van der Waals surface area (Å²) in [6.45, 7) is 0.868. The summed E-state index contributed by atoms with van der Waals surface area (Å²) in [6, 6.07) is 14.9. The van der Waals surface area contributed by atoms with Gasteiger partial charge in [0.25, 0.3) is 0 Å². The van der Waals surface area contributed by atoms with Gasteiger partial charge in [-0.25, -0.2) is 0 Å². The van der Waals surface area contributed by atoms with Crippen molar-refractivity contribution >= 4 is 11.6 Å². The molecule has 1 aliphatic carbocycles. The molecule has 1 N–H and O–H groups in total. The Balaban J connectivity index is 1.89. The number of benzene rings is 2. The molecule has 2 nitrogen and oxygen atoms in total. The maximum Gasteiger partial charge on any atom is 0.118 e. The molecule has 0 bridgehead atoms. The van der Waals surface area contributed by atoms with E-state index in [0.717, 1.165) is 17.3 Å². The van der Waals surface area contributed by atoms with Crippen molar-refractivity contribution in [2.75, 3.05) is 7.11 Å². The number of nitrogens with one attached hydrogen (secondary N) is 1. The molecule has 3 rings (SSSR count). The molecule has 0 aliphatic heterocycles. The van der Waals surface area contributed by atoms with Gasteiger partial charge in [-0.15, -0.1) is 0 Å². The minimum absolute atomic E-state index is 0.692. The molecule has 0 unspecified atom stereocenters. The lowest BCUT2D eigenvalue weighted by Gasteiger charge is -2.12. The number of hydrogen-bond donors (Lipinski definition) is 1. The molecular formula is C17H18ClNO. The predicted molar refractivity (Wildman–Crippen MR) is 83.3 cm³/mol. The summed E-state index contributed by atoms with van der Waals surface area (Å²) < 4.78 is 5.21. The molecule has 0 saturated heterocycles. The Bertz CT molecular complexity index is 590. The maximum absolute atomic E-state index is 6.14. The molecule has 0 radical (unpaired) electrons. The smallest absolute Gasteiger partial charge is 0.118 e. The van der Waals surface area contributed by atoms with Crippen molar-refractivity contribution in [2.45, 2.75) is 25.4 Å². The number of rotatable bonds is 5. The molecule has 1 fully saturated rings. The summed E-state index contributed by atoms with van der Waals surface area (Å²) >= 11 is 6.14. The van der Waals surface area contributed by atoms with E-state index in [2.05, 4.69) is 29.6 Å². The van der Waals surface area contributed by atoms with Crippen molar-refractivity contribution in [3.8, 4) is 16.9 Å². The van der Waals surface area contributed by atoms with E-state index in [0.29, 0.717) is 6.04 Å². The van der Waals surface area contributed by atoms with Gasteiger partial charge >= 0.3 is 0 Å². The zero-order valence-corrected chi connectivity index (χ0v) is 12.3. The van der Waals surface area contributed by atoms with Gasteiger partial charge < -0.3 is 10.1 Å². The van der Waals surface area contributed by atoms with E-state index in [9.17, 15) is 0 Å². The van der Waals surface area contributed by atoms with Gasteiger partial charge in [0.15, 0.2) is 0 Å². The van der Waals surface area contributed by atoms with Gasteiger partial charge in [0.1, 0.15) is 5.75 Å². The van der Waals surface area contributed by atoms with E-state index in [1.54, 1.807) is 7.11 Å². The number of ether oxygens (including phenoxy) is 1. The van der Waals surface area contributed by atoms with E-state index in [1.807, 2.05) is 18.2 Å². The first-order chi connectivity index (χ1) is 9.76. The summed E-state index contributed by atoms with van der Waals surface area (Å²) in [5, 5.41) is 4.34. The lowest BCUT2D eigenvalue weighted by molar-refractivity contribution is 0.415. The van der Waals surface area contributed by atoms with E-state index in [1.165, 1.54) is 29.5 Å². The zero-order valence-electron chi connectivity index (χ0n) is 11.5. The SMILES string of the molecule is COc1ccc(-c2ccc(Cl)cc2CNC2CC2)cc1. The quantitative estimate of drug-likeness (QED) is 0.887. The first-order valence-corrected chi connectivity index (χ1v) is 7.30. The Morgan fingerprint density at radius 3 is 2.55 bits per heavy atom. The summed E-state index contributed by atoms with van der Waals surface area (Å²) in [5.74, 6) is 0.875. The van der Waals surface area contributed by atoms with Crippen LogP contribution in [-0.2, 0) is 6.54 Å². The minimum atomic E-state index is 0.692. The van der Waals surface area contributed by atoms with Crippen LogP contribution in [0.4, 0.5) is 0 Å². The van der Waals surface area contributed by atoms with Crippen molar-refractivity contribution in [1.29, 1.82) is 0 Å². The van der Waals surface area contributed by atoms with Crippen LogP contribution in [0.1, 0.15) is 18.4 Å². The molecule has 104 valence electrons.